The van der Waals surface area contributed by atoms with Crippen LogP contribution in [-0.2, 0) is 21.4 Å². The van der Waals surface area contributed by atoms with Gasteiger partial charge in [0.1, 0.15) is 5.75 Å². The van der Waals surface area contributed by atoms with Crippen LogP contribution in [0.2, 0.25) is 5.02 Å². The van der Waals surface area contributed by atoms with E-state index < -0.39 is 10.0 Å². The predicted molar refractivity (Wildman–Crippen MR) is 122 cm³/mol. The van der Waals surface area contributed by atoms with Crippen molar-refractivity contribution >= 4 is 33.2 Å². The Bertz CT molecular complexity index is 1020. The highest BCUT2D eigenvalue weighted by molar-refractivity contribution is 7.89. The Balaban J connectivity index is 1.58. The van der Waals surface area contributed by atoms with Crippen molar-refractivity contribution in [2.24, 2.45) is 0 Å². The molecule has 1 saturated heterocycles. The lowest BCUT2D eigenvalue weighted by Crippen LogP contribution is -2.28. The number of amides is 1. The molecular weight excluding hydrogens is 438 g/mol. The maximum atomic E-state index is 12.8. The van der Waals surface area contributed by atoms with Crippen molar-refractivity contribution < 1.29 is 17.9 Å². The molecule has 0 radical (unpaired) electrons. The Labute approximate surface area is 189 Å². The molecular formula is C22H28ClN3O4S. The predicted octanol–water partition coefficient (Wildman–Crippen LogP) is 3.59. The molecule has 168 valence electrons. The van der Waals surface area contributed by atoms with Gasteiger partial charge in [0.25, 0.3) is 0 Å². The number of anilines is 1. The van der Waals surface area contributed by atoms with Crippen molar-refractivity contribution in [2.45, 2.75) is 30.7 Å². The van der Waals surface area contributed by atoms with Crippen molar-refractivity contribution in [3.05, 3.63) is 53.1 Å². The second-order valence-electron chi connectivity index (χ2n) is 7.64. The molecule has 0 unspecified atom stereocenters. The summed E-state index contributed by atoms with van der Waals surface area (Å²) < 4.78 is 32.3. The smallest absolute Gasteiger partial charge is 0.243 e. The lowest BCUT2D eigenvalue weighted by atomic mass is 10.2. The van der Waals surface area contributed by atoms with Crippen LogP contribution in [0.15, 0.2) is 47.4 Å². The molecule has 9 heteroatoms. The zero-order valence-electron chi connectivity index (χ0n) is 17.8. The van der Waals surface area contributed by atoms with Crippen LogP contribution in [0.5, 0.6) is 5.75 Å². The molecule has 0 saturated carbocycles. The number of benzene rings is 2. The van der Waals surface area contributed by atoms with Crippen LogP contribution in [0.3, 0.4) is 0 Å². The number of hydrogen-bond donors (Lipinski definition) is 1. The van der Waals surface area contributed by atoms with Gasteiger partial charge in [-0.25, -0.2) is 8.42 Å². The van der Waals surface area contributed by atoms with E-state index >= 15 is 0 Å². The van der Waals surface area contributed by atoms with Crippen molar-refractivity contribution in [2.75, 3.05) is 39.1 Å². The molecule has 0 aliphatic carbocycles. The normalized spacial score (nSPS) is 14.7. The minimum Gasteiger partial charge on any atom is -0.497 e. The molecule has 3 rings (SSSR count). The standard InChI is InChI=1S/C22H28ClN3O4S/c1-25(16-17-6-5-7-18(14-17)30-2)13-10-22(27)24-21-15-19(8-9-20(21)23)31(28,29)26-11-3-4-12-26/h5-9,14-15H,3-4,10-13,16H2,1-2H3,(H,24,27). The summed E-state index contributed by atoms with van der Waals surface area (Å²) in [5.41, 5.74) is 1.40. The molecule has 2 aromatic carbocycles. The summed E-state index contributed by atoms with van der Waals surface area (Å²) in [6.07, 6.45) is 1.97. The number of halogens is 1. The number of carbonyl (C=O) groups is 1. The number of rotatable bonds is 9. The Kier molecular flexibility index (Phi) is 7.94. The number of methoxy groups -OCH3 is 1. The lowest BCUT2D eigenvalue weighted by Gasteiger charge is -2.18. The lowest BCUT2D eigenvalue weighted by molar-refractivity contribution is -0.116. The number of carbonyl (C=O) groups excluding carboxylic acids is 1. The maximum Gasteiger partial charge on any atom is 0.243 e. The van der Waals surface area contributed by atoms with Crippen LogP contribution in [0.1, 0.15) is 24.8 Å². The van der Waals surface area contributed by atoms with Crippen LogP contribution in [0, 0.1) is 0 Å². The van der Waals surface area contributed by atoms with Gasteiger partial charge in [0, 0.05) is 32.6 Å². The molecule has 1 amide bonds. The third-order valence-electron chi connectivity index (χ3n) is 5.22. The van der Waals surface area contributed by atoms with Crippen molar-refractivity contribution in [3.63, 3.8) is 0 Å². The van der Waals surface area contributed by atoms with Crippen molar-refractivity contribution in [1.82, 2.24) is 9.21 Å². The SMILES string of the molecule is COc1cccc(CN(C)CCC(=O)Nc2cc(S(=O)(=O)N3CCCC3)ccc2Cl)c1. The van der Waals surface area contributed by atoms with Gasteiger partial charge >= 0.3 is 0 Å². The molecule has 0 atom stereocenters. The molecule has 31 heavy (non-hydrogen) atoms. The molecule has 1 aliphatic heterocycles. The summed E-state index contributed by atoms with van der Waals surface area (Å²) in [6, 6.07) is 12.2. The van der Waals surface area contributed by atoms with Crippen molar-refractivity contribution in [1.29, 1.82) is 0 Å². The van der Waals surface area contributed by atoms with E-state index in [-0.39, 0.29) is 17.2 Å². The highest BCUT2D eigenvalue weighted by atomic mass is 35.5. The van der Waals surface area contributed by atoms with E-state index in [4.69, 9.17) is 16.3 Å². The zero-order valence-corrected chi connectivity index (χ0v) is 19.4. The van der Waals surface area contributed by atoms with Gasteiger partial charge in [0.2, 0.25) is 15.9 Å². The van der Waals surface area contributed by atoms with E-state index in [1.807, 2.05) is 36.2 Å². The number of nitrogens with one attached hydrogen (secondary N) is 1. The molecule has 1 aliphatic rings. The number of sulfonamides is 1. The first-order chi connectivity index (χ1) is 14.8. The molecule has 1 fully saturated rings. The van der Waals surface area contributed by atoms with Crippen LogP contribution in [0.25, 0.3) is 0 Å². The Hall–Kier alpha value is -2.13. The molecule has 0 aromatic heterocycles. The highest BCUT2D eigenvalue weighted by Crippen LogP contribution is 2.28. The average Bonchev–Trinajstić information content (AvgIpc) is 3.30. The first-order valence-corrected chi connectivity index (χ1v) is 12.0. The topological polar surface area (TPSA) is 79.0 Å². The van der Waals surface area contributed by atoms with Gasteiger partial charge in [-0.2, -0.15) is 4.31 Å². The average molecular weight is 466 g/mol. The Morgan fingerprint density at radius 1 is 1.19 bits per heavy atom. The zero-order chi connectivity index (χ0) is 22.4. The molecule has 0 bridgehead atoms. The van der Waals surface area contributed by atoms with Crippen molar-refractivity contribution in [3.8, 4) is 5.75 Å². The van der Waals surface area contributed by atoms with E-state index in [9.17, 15) is 13.2 Å². The molecule has 7 nitrogen and oxygen atoms in total. The maximum absolute atomic E-state index is 12.8. The van der Waals surface area contributed by atoms with E-state index in [1.54, 1.807) is 7.11 Å². The summed E-state index contributed by atoms with van der Waals surface area (Å²) in [4.78, 5) is 14.6. The summed E-state index contributed by atoms with van der Waals surface area (Å²) in [5, 5.41) is 3.05. The molecule has 0 spiro atoms. The summed E-state index contributed by atoms with van der Waals surface area (Å²) in [6.45, 7) is 2.25. The second kappa shape index (κ2) is 10.5. The molecule has 1 heterocycles. The second-order valence-corrected chi connectivity index (χ2v) is 9.99. The van der Waals surface area contributed by atoms with E-state index in [0.29, 0.717) is 36.9 Å². The van der Waals surface area contributed by atoms with Gasteiger partial charge in [-0.05, 0) is 55.8 Å². The van der Waals surface area contributed by atoms with Gasteiger partial charge in [-0.15, -0.1) is 0 Å². The number of ether oxygens (including phenoxy) is 1. The third kappa shape index (κ3) is 6.20. The quantitative estimate of drug-likeness (QED) is 0.612. The van der Waals surface area contributed by atoms with Crippen LogP contribution >= 0.6 is 11.6 Å². The number of hydrogen-bond acceptors (Lipinski definition) is 5. The van der Waals surface area contributed by atoms with Gasteiger partial charge in [0.05, 0.1) is 22.7 Å². The number of nitrogens with zero attached hydrogens (tertiary/aromatic N) is 2. The molecule has 1 N–H and O–H groups in total. The van der Waals surface area contributed by atoms with Gasteiger partial charge < -0.3 is 15.0 Å². The third-order valence-corrected chi connectivity index (χ3v) is 7.45. The fourth-order valence-electron chi connectivity index (χ4n) is 3.50. The van der Waals surface area contributed by atoms with Gasteiger partial charge in [-0.3, -0.25) is 4.79 Å². The fourth-order valence-corrected chi connectivity index (χ4v) is 5.21. The first kappa shape index (κ1) is 23.5. The Morgan fingerprint density at radius 2 is 1.94 bits per heavy atom. The van der Waals surface area contributed by atoms with Gasteiger partial charge in [-0.1, -0.05) is 23.7 Å². The summed E-state index contributed by atoms with van der Waals surface area (Å²) in [5.74, 6) is 0.567. The van der Waals surface area contributed by atoms with E-state index in [1.165, 1.54) is 22.5 Å². The first-order valence-electron chi connectivity index (χ1n) is 10.2. The minimum absolute atomic E-state index is 0.143. The highest BCUT2D eigenvalue weighted by Gasteiger charge is 2.27. The largest absolute Gasteiger partial charge is 0.497 e. The summed E-state index contributed by atoms with van der Waals surface area (Å²) in [7, 11) is -0.0128. The Morgan fingerprint density at radius 3 is 2.65 bits per heavy atom. The van der Waals surface area contributed by atoms with E-state index in [0.717, 1.165) is 24.2 Å². The summed E-state index contributed by atoms with van der Waals surface area (Å²) >= 11 is 6.20. The van der Waals surface area contributed by atoms with Crippen LogP contribution in [0.4, 0.5) is 5.69 Å². The van der Waals surface area contributed by atoms with Crippen LogP contribution in [-0.4, -0.2) is 57.3 Å². The van der Waals surface area contributed by atoms with E-state index in [2.05, 4.69) is 5.32 Å². The van der Waals surface area contributed by atoms with Gasteiger partial charge in [0.15, 0.2) is 0 Å². The minimum atomic E-state index is -3.57. The van der Waals surface area contributed by atoms with Crippen LogP contribution < -0.4 is 10.1 Å². The molecule has 2 aromatic rings. The monoisotopic (exact) mass is 465 g/mol. The fraction of sp³-hybridized carbons (Fsp3) is 0.409.